The van der Waals surface area contributed by atoms with E-state index in [0.29, 0.717) is 6.61 Å². The van der Waals surface area contributed by atoms with Crippen LogP contribution in [-0.4, -0.2) is 19.8 Å². The van der Waals surface area contributed by atoms with Crippen molar-refractivity contribution >= 4 is 16.3 Å². The second kappa shape index (κ2) is 6.05. The van der Waals surface area contributed by atoms with E-state index in [1.165, 1.54) is 16.9 Å². The zero-order valence-electron chi connectivity index (χ0n) is 13.4. The molecule has 2 heterocycles. The molecule has 4 rings (SSSR count). The molecule has 0 atom stereocenters. The van der Waals surface area contributed by atoms with E-state index in [0.717, 1.165) is 32.7 Å². The zero-order chi connectivity index (χ0) is 16.5. The van der Waals surface area contributed by atoms with Crippen molar-refractivity contribution < 1.29 is 4.74 Å². The Bertz CT molecular complexity index is 988. The first-order chi connectivity index (χ1) is 11.7. The molecule has 0 aliphatic heterocycles. The van der Waals surface area contributed by atoms with Crippen LogP contribution in [0.2, 0.25) is 0 Å². The van der Waals surface area contributed by atoms with Crippen LogP contribution in [-0.2, 0) is 6.61 Å². The van der Waals surface area contributed by atoms with Gasteiger partial charge in [-0.15, -0.1) is 10.2 Å². The van der Waals surface area contributed by atoms with Crippen molar-refractivity contribution in [1.29, 1.82) is 0 Å². The van der Waals surface area contributed by atoms with Crippen LogP contribution in [0.3, 0.4) is 0 Å². The lowest BCUT2D eigenvalue weighted by molar-refractivity contribution is 0.304. The molecule has 0 spiro atoms. The lowest BCUT2D eigenvalue weighted by atomic mass is 10.1. The van der Waals surface area contributed by atoms with Gasteiger partial charge in [0.15, 0.2) is 10.8 Å². The van der Waals surface area contributed by atoms with Crippen LogP contribution in [0.4, 0.5) is 0 Å². The normalized spacial score (nSPS) is 11.1. The summed E-state index contributed by atoms with van der Waals surface area (Å²) >= 11 is 1.49. The third-order valence-electron chi connectivity index (χ3n) is 3.80. The standard InChI is InChI=1S/C18H16N4OS/c1-12-7-9-14(10-8-12)23-11-16-21-22-17(19-20-18(22)24-16)15-6-4-3-5-13(15)2/h3-10H,11H2,1-2H3. The van der Waals surface area contributed by atoms with E-state index in [1.54, 1.807) is 4.52 Å². The highest BCUT2D eigenvalue weighted by Crippen LogP contribution is 2.24. The Balaban J connectivity index is 1.60. The highest BCUT2D eigenvalue weighted by molar-refractivity contribution is 7.16. The molecule has 0 aliphatic carbocycles. The highest BCUT2D eigenvalue weighted by atomic mass is 32.1. The Hall–Kier alpha value is -2.73. The zero-order valence-corrected chi connectivity index (χ0v) is 14.2. The van der Waals surface area contributed by atoms with E-state index in [9.17, 15) is 0 Å². The molecule has 0 fully saturated rings. The van der Waals surface area contributed by atoms with Gasteiger partial charge in [-0.3, -0.25) is 0 Å². The summed E-state index contributed by atoms with van der Waals surface area (Å²) in [6, 6.07) is 16.1. The van der Waals surface area contributed by atoms with Gasteiger partial charge in [-0.25, -0.2) is 0 Å². The Labute approximate surface area is 143 Å². The summed E-state index contributed by atoms with van der Waals surface area (Å²) in [7, 11) is 0. The van der Waals surface area contributed by atoms with Crippen molar-refractivity contribution in [1.82, 2.24) is 19.8 Å². The molecule has 5 nitrogen and oxygen atoms in total. The highest BCUT2D eigenvalue weighted by Gasteiger charge is 2.14. The molecule has 0 bridgehead atoms. The Kier molecular flexibility index (Phi) is 3.74. The number of fused-ring (bicyclic) bond motifs is 1. The molecule has 24 heavy (non-hydrogen) atoms. The molecule has 0 N–H and O–H groups in total. The summed E-state index contributed by atoms with van der Waals surface area (Å²) in [4.78, 5) is 0.774. The van der Waals surface area contributed by atoms with E-state index in [2.05, 4.69) is 35.2 Å². The molecule has 0 unspecified atom stereocenters. The molecule has 0 saturated heterocycles. The lowest BCUT2D eigenvalue weighted by Gasteiger charge is -2.03. The maximum absolute atomic E-state index is 5.80. The van der Waals surface area contributed by atoms with Crippen LogP contribution < -0.4 is 4.74 Å². The average Bonchev–Trinajstić information content (AvgIpc) is 3.15. The van der Waals surface area contributed by atoms with Crippen molar-refractivity contribution in [2.75, 3.05) is 0 Å². The summed E-state index contributed by atoms with van der Waals surface area (Å²) < 4.78 is 7.59. The Morgan fingerprint density at radius 1 is 1.00 bits per heavy atom. The summed E-state index contributed by atoms with van der Waals surface area (Å²) in [6.45, 7) is 4.54. The Morgan fingerprint density at radius 2 is 1.79 bits per heavy atom. The smallest absolute Gasteiger partial charge is 0.235 e. The maximum atomic E-state index is 5.80. The molecule has 0 saturated carbocycles. The van der Waals surface area contributed by atoms with E-state index >= 15 is 0 Å². The fraction of sp³-hybridized carbons (Fsp3) is 0.167. The number of nitrogens with zero attached hydrogens (tertiary/aromatic N) is 4. The lowest BCUT2D eigenvalue weighted by Crippen LogP contribution is -1.98. The minimum atomic E-state index is 0.421. The van der Waals surface area contributed by atoms with Crippen molar-refractivity contribution in [3.63, 3.8) is 0 Å². The molecule has 4 aromatic rings. The van der Waals surface area contributed by atoms with Gasteiger partial charge in [0.05, 0.1) is 0 Å². The molecule has 0 aliphatic rings. The Morgan fingerprint density at radius 3 is 2.58 bits per heavy atom. The van der Waals surface area contributed by atoms with Crippen molar-refractivity contribution in [2.24, 2.45) is 0 Å². The van der Waals surface area contributed by atoms with E-state index in [4.69, 9.17) is 4.74 Å². The monoisotopic (exact) mass is 336 g/mol. The molecular formula is C18H16N4OS. The van der Waals surface area contributed by atoms with Gasteiger partial charge in [-0.1, -0.05) is 53.3 Å². The number of benzene rings is 2. The number of hydrogen-bond donors (Lipinski definition) is 0. The predicted molar refractivity (Wildman–Crippen MR) is 94.3 cm³/mol. The number of aromatic nitrogens is 4. The second-order valence-corrected chi connectivity index (χ2v) is 6.67. The van der Waals surface area contributed by atoms with E-state index < -0.39 is 0 Å². The minimum absolute atomic E-state index is 0.421. The fourth-order valence-electron chi connectivity index (χ4n) is 2.49. The molecule has 6 heteroatoms. The van der Waals surface area contributed by atoms with Gasteiger partial charge >= 0.3 is 0 Å². The predicted octanol–water partition coefficient (Wildman–Crippen LogP) is 4.05. The average molecular weight is 336 g/mol. The molecule has 0 radical (unpaired) electrons. The van der Waals surface area contributed by atoms with Crippen LogP contribution >= 0.6 is 11.3 Å². The van der Waals surface area contributed by atoms with Crippen molar-refractivity contribution in [3.8, 4) is 17.1 Å². The number of ether oxygens (including phenoxy) is 1. The van der Waals surface area contributed by atoms with Gasteiger partial charge in [0.1, 0.15) is 12.4 Å². The molecular weight excluding hydrogens is 320 g/mol. The number of aryl methyl sites for hydroxylation is 2. The summed E-state index contributed by atoms with van der Waals surface area (Å²) in [5, 5.41) is 14.0. The molecule has 2 aromatic carbocycles. The third kappa shape index (κ3) is 2.76. The third-order valence-corrected chi connectivity index (χ3v) is 4.67. The van der Waals surface area contributed by atoms with Gasteiger partial charge in [-0.2, -0.15) is 9.61 Å². The van der Waals surface area contributed by atoms with Gasteiger partial charge < -0.3 is 4.74 Å². The van der Waals surface area contributed by atoms with Crippen LogP contribution in [0.1, 0.15) is 16.1 Å². The van der Waals surface area contributed by atoms with Crippen molar-refractivity contribution in [3.05, 3.63) is 64.7 Å². The summed E-state index contributed by atoms with van der Waals surface area (Å²) in [6.07, 6.45) is 0. The van der Waals surface area contributed by atoms with E-state index in [-0.39, 0.29) is 0 Å². The minimum Gasteiger partial charge on any atom is -0.486 e. The fourth-order valence-corrected chi connectivity index (χ4v) is 3.23. The first-order valence-electron chi connectivity index (χ1n) is 7.67. The van der Waals surface area contributed by atoms with Gasteiger partial charge in [0, 0.05) is 5.56 Å². The van der Waals surface area contributed by atoms with Crippen LogP contribution in [0.25, 0.3) is 16.3 Å². The van der Waals surface area contributed by atoms with Crippen LogP contribution in [0.5, 0.6) is 5.75 Å². The maximum Gasteiger partial charge on any atom is 0.235 e. The summed E-state index contributed by atoms with van der Waals surface area (Å²) in [5.74, 6) is 1.60. The quantitative estimate of drug-likeness (QED) is 0.564. The molecule has 2 aromatic heterocycles. The number of rotatable bonds is 4. The van der Waals surface area contributed by atoms with E-state index in [1.807, 2.05) is 42.5 Å². The van der Waals surface area contributed by atoms with Gasteiger partial charge in [0.25, 0.3) is 0 Å². The summed E-state index contributed by atoms with van der Waals surface area (Å²) in [5.41, 5.74) is 3.41. The molecule has 0 amide bonds. The van der Waals surface area contributed by atoms with Crippen LogP contribution in [0, 0.1) is 13.8 Å². The van der Waals surface area contributed by atoms with Crippen LogP contribution in [0.15, 0.2) is 48.5 Å². The van der Waals surface area contributed by atoms with Gasteiger partial charge in [-0.05, 0) is 31.5 Å². The number of hydrogen-bond acceptors (Lipinski definition) is 5. The first kappa shape index (κ1) is 14.8. The topological polar surface area (TPSA) is 52.3 Å². The van der Waals surface area contributed by atoms with Gasteiger partial charge in [0.2, 0.25) is 4.96 Å². The largest absolute Gasteiger partial charge is 0.486 e. The second-order valence-electron chi connectivity index (χ2n) is 5.63. The van der Waals surface area contributed by atoms with Crippen molar-refractivity contribution in [2.45, 2.75) is 20.5 Å². The SMILES string of the molecule is Cc1ccc(OCc2nn3c(-c4ccccc4C)nnc3s2)cc1. The first-order valence-corrected chi connectivity index (χ1v) is 8.49. The molecule has 120 valence electrons.